The molecule has 2 heterocycles. The lowest BCUT2D eigenvalue weighted by atomic mass is 10.1. The molecule has 1 aromatic heterocycles. The SMILES string of the molecule is CSNC1CCCN(c2ncnc3cc(F)c(C(F)(F)F)cc23)C1. The van der Waals surface area contributed by atoms with Gasteiger partial charge in [-0.05, 0) is 25.2 Å². The zero-order chi connectivity index (χ0) is 17.3. The summed E-state index contributed by atoms with van der Waals surface area (Å²) in [6.07, 6.45) is 0.323. The second kappa shape index (κ2) is 6.72. The van der Waals surface area contributed by atoms with E-state index in [0.29, 0.717) is 18.9 Å². The lowest BCUT2D eigenvalue weighted by molar-refractivity contribution is -0.139. The van der Waals surface area contributed by atoms with E-state index in [1.807, 2.05) is 11.2 Å². The molecule has 1 fully saturated rings. The van der Waals surface area contributed by atoms with E-state index in [1.54, 1.807) is 0 Å². The van der Waals surface area contributed by atoms with Crippen molar-refractivity contribution in [2.24, 2.45) is 0 Å². The van der Waals surface area contributed by atoms with Gasteiger partial charge in [0.05, 0.1) is 11.1 Å². The lowest BCUT2D eigenvalue weighted by Gasteiger charge is -2.34. The van der Waals surface area contributed by atoms with Gasteiger partial charge < -0.3 is 4.90 Å². The summed E-state index contributed by atoms with van der Waals surface area (Å²) < 4.78 is 56.0. The summed E-state index contributed by atoms with van der Waals surface area (Å²) in [7, 11) is 0. The molecule has 9 heteroatoms. The largest absolute Gasteiger partial charge is 0.419 e. The molecule has 0 spiro atoms. The van der Waals surface area contributed by atoms with Gasteiger partial charge in [-0.25, -0.2) is 14.4 Å². The second-order valence-electron chi connectivity index (χ2n) is 5.65. The maximum Gasteiger partial charge on any atom is 0.419 e. The van der Waals surface area contributed by atoms with Gasteiger partial charge in [-0.3, -0.25) is 4.72 Å². The first kappa shape index (κ1) is 17.2. The van der Waals surface area contributed by atoms with Crippen LogP contribution in [0.2, 0.25) is 0 Å². The van der Waals surface area contributed by atoms with Crippen LogP contribution < -0.4 is 9.62 Å². The minimum absolute atomic E-state index is 0.172. The molecule has 1 unspecified atom stereocenters. The number of nitrogens with zero attached hydrogens (tertiary/aromatic N) is 3. The third-order valence-corrected chi connectivity index (χ3v) is 4.58. The summed E-state index contributed by atoms with van der Waals surface area (Å²) in [4.78, 5) is 10.0. The van der Waals surface area contributed by atoms with Gasteiger partial charge in [0.1, 0.15) is 18.0 Å². The van der Waals surface area contributed by atoms with E-state index in [-0.39, 0.29) is 16.9 Å². The minimum Gasteiger partial charge on any atom is -0.354 e. The highest BCUT2D eigenvalue weighted by molar-refractivity contribution is 7.96. The zero-order valence-corrected chi connectivity index (χ0v) is 13.7. The van der Waals surface area contributed by atoms with Crippen LogP contribution in [0.5, 0.6) is 0 Å². The van der Waals surface area contributed by atoms with Crippen LogP contribution in [0.4, 0.5) is 23.4 Å². The molecule has 1 aliphatic rings. The molecular formula is C15H16F4N4S. The number of benzene rings is 1. The fourth-order valence-electron chi connectivity index (χ4n) is 2.97. The number of halogens is 4. The van der Waals surface area contributed by atoms with Crippen molar-refractivity contribution in [2.45, 2.75) is 25.1 Å². The third-order valence-electron chi connectivity index (χ3n) is 4.01. The molecule has 4 nitrogen and oxygen atoms in total. The number of hydrogen-bond acceptors (Lipinski definition) is 5. The second-order valence-corrected chi connectivity index (χ2v) is 6.30. The number of aromatic nitrogens is 2. The molecule has 0 radical (unpaired) electrons. The van der Waals surface area contributed by atoms with Crippen molar-refractivity contribution in [1.29, 1.82) is 0 Å². The smallest absolute Gasteiger partial charge is 0.354 e. The van der Waals surface area contributed by atoms with Gasteiger partial charge in [0.25, 0.3) is 0 Å². The first-order valence-corrected chi connectivity index (χ1v) is 8.67. The average molecular weight is 360 g/mol. The van der Waals surface area contributed by atoms with Gasteiger partial charge in [0.2, 0.25) is 0 Å². The van der Waals surface area contributed by atoms with Gasteiger partial charge in [-0.15, -0.1) is 0 Å². The molecule has 130 valence electrons. The van der Waals surface area contributed by atoms with Crippen LogP contribution in [0.1, 0.15) is 18.4 Å². The minimum atomic E-state index is -4.75. The standard InChI is InChI=1S/C15H16F4N4S/c1-24-22-9-3-2-4-23(7-9)14-10-5-11(15(17,18)19)12(16)6-13(10)20-8-21-14/h5-6,8-9,22H,2-4,7H2,1H3. The van der Waals surface area contributed by atoms with Crippen LogP contribution in [0.3, 0.4) is 0 Å². The van der Waals surface area contributed by atoms with Crippen LogP contribution in [0, 0.1) is 5.82 Å². The van der Waals surface area contributed by atoms with Gasteiger partial charge >= 0.3 is 6.18 Å². The van der Waals surface area contributed by atoms with Crippen LogP contribution in [-0.2, 0) is 6.18 Å². The monoisotopic (exact) mass is 360 g/mol. The maximum absolute atomic E-state index is 13.7. The first-order chi connectivity index (χ1) is 11.4. The summed E-state index contributed by atoms with van der Waals surface area (Å²) in [5.74, 6) is -0.904. The van der Waals surface area contributed by atoms with E-state index in [2.05, 4.69) is 14.7 Å². The summed E-state index contributed by atoms with van der Waals surface area (Å²) >= 11 is 1.51. The molecule has 24 heavy (non-hydrogen) atoms. The highest BCUT2D eigenvalue weighted by Gasteiger charge is 2.35. The van der Waals surface area contributed by atoms with Crippen molar-refractivity contribution in [3.05, 3.63) is 29.8 Å². The summed E-state index contributed by atoms with van der Waals surface area (Å²) in [5, 5.41) is 0.219. The maximum atomic E-state index is 13.7. The first-order valence-electron chi connectivity index (χ1n) is 7.45. The van der Waals surface area contributed by atoms with Crippen molar-refractivity contribution in [2.75, 3.05) is 24.2 Å². The Morgan fingerprint density at radius 1 is 1.29 bits per heavy atom. The number of fused-ring (bicyclic) bond motifs is 1. The molecule has 1 aliphatic heterocycles. The van der Waals surface area contributed by atoms with Crippen molar-refractivity contribution in [3.8, 4) is 0 Å². The summed E-state index contributed by atoms with van der Waals surface area (Å²) in [6.45, 7) is 1.32. The quantitative estimate of drug-likeness (QED) is 0.669. The normalized spacial score (nSPS) is 19.0. The Labute approximate surface area is 140 Å². The fraction of sp³-hybridized carbons (Fsp3) is 0.467. The van der Waals surface area contributed by atoms with Crippen LogP contribution in [0.25, 0.3) is 10.9 Å². The Morgan fingerprint density at radius 3 is 2.79 bits per heavy atom. The molecule has 2 aromatic rings. The van der Waals surface area contributed by atoms with Crippen LogP contribution in [0.15, 0.2) is 18.5 Å². The molecule has 1 aromatic carbocycles. The van der Waals surface area contributed by atoms with Gasteiger partial charge in [0, 0.05) is 30.6 Å². The Hall–Kier alpha value is -1.61. The van der Waals surface area contributed by atoms with E-state index >= 15 is 0 Å². The molecular weight excluding hydrogens is 344 g/mol. The van der Waals surface area contributed by atoms with E-state index in [4.69, 9.17) is 0 Å². The fourth-order valence-corrected chi connectivity index (χ4v) is 3.49. The van der Waals surface area contributed by atoms with Crippen LogP contribution >= 0.6 is 11.9 Å². The molecule has 0 amide bonds. The highest BCUT2D eigenvalue weighted by Crippen LogP contribution is 2.36. The number of anilines is 1. The van der Waals surface area contributed by atoms with Crippen molar-refractivity contribution < 1.29 is 17.6 Å². The summed E-state index contributed by atoms with van der Waals surface area (Å²) in [5.41, 5.74) is -1.12. The Kier molecular flexibility index (Phi) is 4.82. The Balaban J connectivity index is 2.04. The Bertz CT molecular complexity index is 735. The number of rotatable bonds is 3. The number of alkyl halides is 3. The Morgan fingerprint density at radius 2 is 2.08 bits per heavy atom. The van der Waals surface area contributed by atoms with Crippen molar-refractivity contribution in [3.63, 3.8) is 0 Å². The highest BCUT2D eigenvalue weighted by atomic mass is 32.2. The van der Waals surface area contributed by atoms with Crippen molar-refractivity contribution in [1.82, 2.24) is 14.7 Å². The van der Waals surface area contributed by atoms with Crippen LogP contribution in [-0.4, -0.2) is 35.4 Å². The molecule has 0 bridgehead atoms. The predicted octanol–water partition coefficient (Wildman–Crippen LogP) is 3.62. The molecule has 0 aliphatic carbocycles. The van der Waals surface area contributed by atoms with E-state index in [1.165, 1.54) is 18.3 Å². The zero-order valence-electron chi connectivity index (χ0n) is 12.9. The van der Waals surface area contributed by atoms with Crippen molar-refractivity contribution >= 4 is 28.7 Å². The molecule has 0 saturated carbocycles. The molecule has 1 atom stereocenters. The molecule has 1 N–H and O–H groups in total. The van der Waals surface area contributed by atoms with Gasteiger partial charge in [-0.2, -0.15) is 13.2 Å². The van der Waals surface area contributed by atoms with E-state index in [9.17, 15) is 17.6 Å². The summed E-state index contributed by atoms with van der Waals surface area (Å²) in [6, 6.07) is 1.86. The average Bonchev–Trinajstić information content (AvgIpc) is 2.53. The molecule has 1 saturated heterocycles. The van der Waals surface area contributed by atoms with Gasteiger partial charge in [-0.1, -0.05) is 11.9 Å². The third kappa shape index (κ3) is 3.41. The van der Waals surface area contributed by atoms with Gasteiger partial charge in [0.15, 0.2) is 0 Å². The topological polar surface area (TPSA) is 41.0 Å². The van der Waals surface area contributed by atoms with E-state index in [0.717, 1.165) is 25.0 Å². The lowest BCUT2D eigenvalue weighted by Crippen LogP contribution is -2.44. The van der Waals surface area contributed by atoms with E-state index < -0.39 is 17.6 Å². The number of piperidine rings is 1. The molecule has 3 rings (SSSR count). The predicted molar refractivity (Wildman–Crippen MR) is 86.4 cm³/mol. The number of nitrogens with one attached hydrogen (secondary N) is 1. The number of hydrogen-bond donors (Lipinski definition) is 1.